The van der Waals surface area contributed by atoms with E-state index in [9.17, 15) is 0 Å². The molecule has 3 aromatic rings. The van der Waals surface area contributed by atoms with E-state index in [1.807, 2.05) is 0 Å². The number of ether oxygens (including phenoxy) is 1. The van der Waals surface area contributed by atoms with Gasteiger partial charge in [-0.3, -0.25) is 0 Å². The second kappa shape index (κ2) is 9.45. The van der Waals surface area contributed by atoms with Crippen molar-refractivity contribution in [3.05, 3.63) is 114 Å². The molecule has 0 saturated heterocycles. The molecule has 0 spiro atoms. The van der Waals surface area contributed by atoms with Crippen LogP contribution in [-0.2, 0) is 4.74 Å². The zero-order valence-corrected chi connectivity index (χ0v) is 18.8. The molecule has 0 aromatic heterocycles. The van der Waals surface area contributed by atoms with Crippen LogP contribution in [0.3, 0.4) is 0 Å². The predicted octanol–water partition coefficient (Wildman–Crippen LogP) is 6.36. The van der Waals surface area contributed by atoms with E-state index in [1.54, 1.807) is 0 Å². The Balaban J connectivity index is 1.99. The minimum atomic E-state index is -1.99. The molecule has 1 aliphatic rings. The largest absolute Gasteiger partial charge is 0.490 e. The molecule has 0 aliphatic heterocycles. The molecule has 0 bridgehead atoms. The first kappa shape index (κ1) is 20.6. The monoisotopic (exact) mass is 413 g/mol. The van der Waals surface area contributed by atoms with Crippen molar-refractivity contribution in [1.82, 2.24) is 0 Å². The van der Waals surface area contributed by atoms with Crippen LogP contribution in [0.2, 0.25) is 0 Å². The summed E-state index contributed by atoms with van der Waals surface area (Å²) in [7, 11) is -1.99. The molecule has 1 aliphatic carbocycles. The second-order valence-electron chi connectivity index (χ2n) is 7.99. The molecule has 0 fully saturated rings. The molecule has 0 radical (unpaired) electrons. The lowest BCUT2D eigenvalue weighted by Crippen LogP contribution is -2.32. The van der Waals surface area contributed by atoms with Crippen LogP contribution in [0.25, 0.3) is 0 Å². The Bertz CT molecular complexity index is 919. The normalized spacial score (nSPS) is 13.9. The molecule has 1 nitrogen and oxygen atoms in total. The predicted molar refractivity (Wildman–Crippen MR) is 131 cm³/mol. The van der Waals surface area contributed by atoms with Crippen molar-refractivity contribution in [2.75, 3.05) is 6.61 Å². The third kappa shape index (κ3) is 4.00. The molecular weight excluding hydrogens is 383 g/mol. The van der Waals surface area contributed by atoms with Crippen LogP contribution in [0.4, 0.5) is 0 Å². The highest BCUT2D eigenvalue weighted by Gasteiger charge is 2.52. The Morgan fingerprint density at radius 3 is 1.63 bits per heavy atom. The fourth-order valence-electron chi connectivity index (χ4n) is 4.39. The summed E-state index contributed by atoms with van der Waals surface area (Å²) in [4.78, 5) is 0. The Hall–Kier alpha value is -2.63. The molecule has 0 saturated carbocycles. The van der Waals surface area contributed by atoms with Crippen LogP contribution in [0, 0.1) is 0 Å². The standard InChI is InChI=1S/C28H30OP/c1-23(2)21-22-29-27-19-12-20-28(27)30(24-13-6-3-7-14-24,25-15-8-4-9-16-25)26-17-10-5-11-18-26/h3-11,13-18,21H,12,19-20,22H2,1-2H3/q+1. The van der Waals surface area contributed by atoms with Crippen molar-refractivity contribution in [2.45, 2.75) is 33.1 Å². The van der Waals surface area contributed by atoms with Gasteiger partial charge in [0.2, 0.25) is 0 Å². The lowest BCUT2D eigenvalue weighted by atomic mass is 10.3. The van der Waals surface area contributed by atoms with Gasteiger partial charge < -0.3 is 4.74 Å². The molecule has 3 aromatic carbocycles. The average Bonchev–Trinajstić information content (AvgIpc) is 3.25. The summed E-state index contributed by atoms with van der Waals surface area (Å²) in [5.41, 5.74) is 1.30. The average molecular weight is 414 g/mol. The van der Waals surface area contributed by atoms with Crippen molar-refractivity contribution in [3.8, 4) is 0 Å². The maximum Gasteiger partial charge on any atom is 0.143 e. The Morgan fingerprint density at radius 1 is 0.733 bits per heavy atom. The molecule has 2 heteroatoms. The van der Waals surface area contributed by atoms with Crippen LogP contribution in [-0.4, -0.2) is 6.61 Å². The van der Waals surface area contributed by atoms with Gasteiger partial charge in [-0.1, -0.05) is 60.2 Å². The number of benzene rings is 3. The van der Waals surface area contributed by atoms with Crippen molar-refractivity contribution < 1.29 is 4.74 Å². The first-order valence-corrected chi connectivity index (χ1v) is 12.6. The summed E-state index contributed by atoms with van der Waals surface area (Å²) in [6, 6.07) is 33.3. The van der Waals surface area contributed by atoms with Gasteiger partial charge in [0.15, 0.2) is 0 Å². The minimum absolute atomic E-state index is 0.652. The summed E-state index contributed by atoms with van der Waals surface area (Å²) < 4.78 is 6.43. The van der Waals surface area contributed by atoms with Crippen molar-refractivity contribution in [2.24, 2.45) is 0 Å². The van der Waals surface area contributed by atoms with Gasteiger partial charge in [0.25, 0.3) is 0 Å². The van der Waals surface area contributed by atoms with Crippen molar-refractivity contribution >= 4 is 23.2 Å². The minimum Gasteiger partial charge on any atom is -0.490 e. The number of allylic oxidation sites excluding steroid dienone is 3. The SMILES string of the molecule is CC(C)=CCOC1=C([P+](c2ccccc2)(c2ccccc2)c2ccccc2)CCC1. The molecule has 0 heterocycles. The fourth-order valence-corrected chi connectivity index (χ4v) is 9.12. The van der Waals surface area contributed by atoms with Gasteiger partial charge in [-0.05, 0) is 62.7 Å². The highest BCUT2D eigenvalue weighted by atomic mass is 31.2. The van der Waals surface area contributed by atoms with E-state index in [1.165, 1.54) is 32.6 Å². The van der Waals surface area contributed by atoms with Crippen LogP contribution < -0.4 is 15.9 Å². The molecule has 0 atom stereocenters. The summed E-state index contributed by atoms with van der Waals surface area (Å²) in [6.07, 6.45) is 5.46. The van der Waals surface area contributed by atoms with Crippen LogP contribution >= 0.6 is 7.26 Å². The van der Waals surface area contributed by atoms with Gasteiger partial charge >= 0.3 is 0 Å². The smallest absolute Gasteiger partial charge is 0.143 e. The molecule has 30 heavy (non-hydrogen) atoms. The summed E-state index contributed by atoms with van der Waals surface area (Å²) in [5, 5.41) is 5.72. The zero-order chi connectivity index (χ0) is 20.8. The Kier molecular flexibility index (Phi) is 6.50. The lowest BCUT2D eigenvalue weighted by Gasteiger charge is -2.29. The lowest BCUT2D eigenvalue weighted by molar-refractivity contribution is 0.239. The van der Waals surface area contributed by atoms with E-state index >= 15 is 0 Å². The molecule has 0 amide bonds. The van der Waals surface area contributed by atoms with Gasteiger partial charge in [-0.25, -0.2) is 0 Å². The Morgan fingerprint density at radius 2 is 1.20 bits per heavy atom. The maximum absolute atomic E-state index is 6.43. The first-order chi connectivity index (χ1) is 14.7. The molecule has 0 unspecified atom stereocenters. The van der Waals surface area contributed by atoms with E-state index in [4.69, 9.17) is 4.74 Å². The third-order valence-electron chi connectivity index (χ3n) is 5.72. The van der Waals surface area contributed by atoms with Crippen LogP contribution in [0.15, 0.2) is 114 Å². The summed E-state index contributed by atoms with van der Waals surface area (Å²) >= 11 is 0. The Labute approximate surface area is 181 Å². The topological polar surface area (TPSA) is 9.23 Å². The maximum atomic E-state index is 6.43. The first-order valence-electron chi connectivity index (χ1n) is 10.8. The fraction of sp³-hybridized carbons (Fsp3) is 0.214. The van der Waals surface area contributed by atoms with Gasteiger partial charge in [0.1, 0.15) is 40.9 Å². The highest BCUT2D eigenvalue weighted by Crippen LogP contribution is 2.66. The third-order valence-corrected chi connectivity index (χ3v) is 10.2. The molecule has 0 N–H and O–H groups in total. The van der Waals surface area contributed by atoms with E-state index < -0.39 is 7.26 Å². The van der Waals surface area contributed by atoms with Crippen molar-refractivity contribution in [1.29, 1.82) is 0 Å². The van der Waals surface area contributed by atoms with E-state index in [0.717, 1.165) is 19.3 Å². The van der Waals surface area contributed by atoms with E-state index in [-0.39, 0.29) is 0 Å². The van der Waals surface area contributed by atoms with E-state index in [2.05, 4.69) is 111 Å². The zero-order valence-electron chi connectivity index (χ0n) is 17.9. The molecule has 4 rings (SSSR count). The van der Waals surface area contributed by atoms with Crippen LogP contribution in [0.1, 0.15) is 33.1 Å². The number of hydrogen-bond acceptors (Lipinski definition) is 1. The van der Waals surface area contributed by atoms with Gasteiger partial charge in [0.05, 0.1) is 0 Å². The molecule has 152 valence electrons. The van der Waals surface area contributed by atoms with Crippen LogP contribution in [0.5, 0.6) is 0 Å². The van der Waals surface area contributed by atoms with Gasteiger partial charge in [-0.2, -0.15) is 0 Å². The van der Waals surface area contributed by atoms with Crippen molar-refractivity contribution in [3.63, 3.8) is 0 Å². The van der Waals surface area contributed by atoms with Gasteiger partial charge in [-0.15, -0.1) is 0 Å². The highest BCUT2D eigenvalue weighted by molar-refractivity contribution is 7.99. The second-order valence-corrected chi connectivity index (χ2v) is 11.4. The summed E-state index contributed by atoms with van der Waals surface area (Å²) in [6.45, 7) is 4.91. The quantitative estimate of drug-likeness (QED) is 0.324. The molecular formula is C28H30OP+. The summed E-state index contributed by atoms with van der Waals surface area (Å²) in [5.74, 6) is 1.21. The number of hydrogen-bond donors (Lipinski definition) is 0. The van der Waals surface area contributed by atoms with E-state index in [0.29, 0.717) is 6.61 Å². The van der Waals surface area contributed by atoms with Gasteiger partial charge in [0, 0.05) is 12.8 Å². The number of rotatable bonds is 7.